The zero-order valence-corrected chi connectivity index (χ0v) is 14.9. The molecule has 1 atom stereocenters. The van der Waals surface area contributed by atoms with Crippen molar-refractivity contribution in [2.24, 2.45) is 0 Å². The van der Waals surface area contributed by atoms with Crippen LogP contribution in [0.2, 0.25) is 0 Å². The Kier molecular flexibility index (Phi) is 5.40. The van der Waals surface area contributed by atoms with Crippen molar-refractivity contribution in [2.45, 2.75) is 18.8 Å². The van der Waals surface area contributed by atoms with Gasteiger partial charge in [-0.05, 0) is 18.6 Å². The van der Waals surface area contributed by atoms with Gasteiger partial charge < -0.3 is 15.1 Å². The Bertz CT molecular complexity index is 782. The van der Waals surface area contributed by atoms with Crippen LogP contribution in [0.3, 0.4) is 0 Å². The van der Waals surface area contributed by atoms with E-state index in [4.69, 9.17) is 0 Å². The van der Waals surface area contributed by atoms with E-state index in [-0.39, 0.29) is 18.2 Å². The molecular weight excluding hydrogens is 332 g/mol. The molecule has 136 valence electrons. The second kappa shape index (κ2) is 7.90. The molecule has 0 radical (unpaired) electrons. The van der Waals surface area contributed by atoms with E-state index >= 15 is 0 Å². The molecule has 2 aromatic heterocycles. The van der Waals surface area contributed by atoms with Gasteiger partial charge in [-0.25, -0.2) is 15.0 Å². The summed E-state index contributed by atoms with van der Waals surface area (Å²) in [6.45, 7) is 1.36. The van der Waals surface area contributed by atoms with Gasteiger partial charge in [0.15, 0.2) is 0 Å². The summed E-state index contributed by atoms with van der Waals surface area (Å²) in [5.41, 5.74) is 0.780. The van der Waals surface area contributed by atoms with Crippen molar-refractivity contribution in [3.8, 4) is 0 Å². The van der Waals surface area contributed by atoms with Crippen LogP contribution in [-0.2, 0) is 9.59 Å². The van der Waals surface area contributed by atoms with Gasteiger partial charge in [0.05, 0.1) is 5.92 Å². The van der Waals surface area contributed by atoms with Crippen molar-refractivity contribution >= 4 is 23.5 Å². The summed E-state index contributed by atoms with van der Waals surface area (Å²) in [6.07, 6.45) is 5.78. The third-order valence-electron chi connectivity index (χ3n) is 4.48. The van der Waals surface area contributed by atoms with Crippen LogP contribution in [0.5, 0.6) is 0 Å². The molecule has 0 spiro atoms. The molecular formula is C18H22N6O2. The van der Waals surface area contributed by atoms with Gasteiger partial charge in [0.1, 0.15) is 18.0 Å². The number of carbonyl (C=O) groups excluding carboxylic acids is 2. The highest BCUT2D eigenvalue weighted by molar-refractivity contribution is 6.00. The minimum absolute atomic E-state index is 0.0567. The second-order valence-corrected chi connectivity index (χ2v) is 6.35. The summed E-state index contributed by atoms with van der Waals surface area (Å²) >= 11 is 0. The van der Waals surface area contributed by atoms with Crippen molar-refractivity contribution in [1.29, 1.82) is 0 Å². The van der Waals surface area contributed by atoms with Crippen LogP contribution >= 0.6 is 0 Å². The molecule has 2 aromatic rings. The molecule has 0 aliphatic carbocycles. The molecule has 1 N–H and O–H groups in total. The highest BCUT2D eigenvalue weighted by atomic mass is 16.2. The van der Waals surface area contributed by atoms with E-state index in [1.165, 1.54) is 6.33 Å². The molecule has 0 saturated heterocycles. The van der Waals surface area contributed by atoms with Crippen LogP contribution in [0.25, 0.3) is 0 Å². The third kappa shape index (κ3) is 3.96. The fourth-order valence-corrected chi connectivity index (χ4v) is 3.05. The maximum Gasteiger partial charge on any atom is 0.230 e. The topological polar surface area (TPSA) is 91.3 Å². The van der Waals surface area contributed by atoms with Crippen molar-refractivity contribution in [3.05, 3.63) is 42.5 Å². The van der Waals surface area contributed by atoms with Gasteiger partial charge >= 0.3 is 0 Å². The lowest BCUT2D eigenvalue weighted by Crippen LogP contribution is -2.38. The Morgan fingerprint density at radius 3 is 2.85 bits per heavy atom. The van der Waals surface area contributed by atoms with Gasteiger partial charge in [0, 0.05) is 51.6 Å². The third-order valence-corrected chi connectivity index (χ3v) is 4.48. The predicted molar refractivity (Wildman–Crippen MR) is 97.8 cm³/mol. The lowest BCUT2D eigenvalue weighted by Gasteiger charge is -2.28. The Morgan fingerprint density at radius 2 is 2.08 bits per heavy atom. The minimum Gasteiger partial charge on any atom is -0.360 e. The molecule has 8 heteroatoms. The average molecular weight is 354 g/mol. The van der Waals surface area contributed by atoms with Crippen LogP contribution in [0, 0.1) is 0 Å². The maximum atomic E-state index is 12.8. The normalized spacial score (nSPS) is 15.8. The van der Waals surface area contributed by atoms with Crippen LogP contribution in [0.15, 0.2) is 36.9 Å². The van der Waals surface area contributed by atoms with Gasteiger partial charge in [-0.15, -0.1) is 0 Å². The summed E-state index contributed by atoms with van der Waals surface area (Å²) < 4.78 is 0. The largest absolute Gasteiger partial charge is 0.360 e. The monoisotopic (exact) mass is 354 g/mol. The predicted octanol–water partition coefficient (Wildman–Crippen LogP) is 1.28. The first-order valence-corrected chi connectivity index (χ1v) is 8.53. The van der Waals surface area contributed by atoms with Crippen LogP contribution in [0.4, 0.5) is 11.6 Å². The van der Waals surface area contributed by atoms with Crippen LogP contribution in [0.1, 0.15) is 24.3 Å². The molecule has 0 fully saturated rings. The van der Waals surface area contributed by atoms with Crippen molar-refractivity contribution in [3.63, 3.8) is 0 Å². The molecule has 8 nitrogen and oxygen atoms in total. The number of fused-ring (bicyclic) bond motifs is 1. The van der Waals surface area contributed by atoms with Crippen molar-refractivity contribution < 1.29 is 9.59 Å². The molecule has 0 saturated carbocycles. The van der Waals surface area contributed by atoms with E-state index in [0.717, 1.165) is 24.3 Å². The van der Waals surface area contributed by atoms with Gasteiger partial charge in [-0.3, -0.25) is 9.59 Å². The molecule has 0 aromatic carbocycles. The fourth-order valence-electron chi connectivity index (χ4n) is 3.05. The average Bonchev–Trinajstić information content (AvgIpc) is 2.67. The number of rotatable bonds is 6. The van der Waals surface area contributed by atoms with E-state index in [1.54, 1.807) is 30.4 Å². The summed E-state index contributed by atoms with van der Waals surface area (Å²) in [4.78, 5) is 40.7. The number of hydrogen-bond donors (Lipinski definition) is 1. The molecule has 0 bridgehead atoms. The first-order valence-electron chi connectivity index (χ1n) is 8.53. The zero-order chi connectivity index (χ0) is 18.5. The van der Waals surface area contributed by atoms with E-state index in [1.807, 2.05) is 24.1 Å². The number of carbonyl (C=O) groups is 2. The van der Waals surface area contributed by atoms with Crippen LogP contribution < -0.4 is 10.2 Å². The van der Waals surface area contributed by atoms with Gasteiger partial charge in [0.25, 0.3) is 0 Å². The Morgan fingerprint density at radius 1 is 1.23 bits per heavy atom. The molecule has 26 heavy (non-hydrogen) atoms. The lowest BCUT2D eigenvalue weighted by molar-refractivity contribution is -0.133. The molecule has 1 unspecified atom stereocenters. The number of aromatic nitrogens is 3. The Balaban J connectivity index is 1.57. The summed E-state index contributed by atoms with van der Waals surface area (Å²) in [7, 11) is 3.73. The summed E-state index contributed by atoms with van der Waals surface area (Å²) in [5.74, 6) is 0.624. The first kappa shape index (κ1) is 17.8. The Labute approximate surface area is 152 Å². The first-order chi connectivity index (χ1) is 12.6. The SMILES string of the molecule is CN(CCCN(C)c1ccncn1)C(=O)C1CC(=O)Nc2ncccc21. The quantitative estimate of drug-likeness (QED) is 0.840. The number of pyridine rings is 1. The highest BCUT2D eigenvalue weighted by Gasteiger charge is 2.32. The van der Waals surface area contributed by atoms with Crippen molar-refractivity contribution in [1.82, 2.24) is 19.9 Å². The fraction of sp³-hybridized carbons (Fsp3) is 0.389. The maximum absolute atomic E-state index is 12.8. The molecule has 1 aliphatic rings. The molecule has 1 aliphatic heterocycles. The number of likely N-dealkylation sites (N-methyl/N-ethyl adjacent to an activating group) is 1. The number of anilines is 2. The number of hydrogen-bond acceptors (Lipinski definition) is 6. The van der Waals surface area contributed by atoms with Crippen LogP contribution in [-0.4, -0.2) is 58.9 Å². The van der Waals surface area contributed by atoms with Gasteiger partial charge in [-0.2, -0.15) is 0 Å². The highest BCUT2D eigenvalue weighted by Crippen LogP contribution is 2.31. The van der Waals surface area contributed by atoms with Crippen molar-refractivity contribution in [2.75, 3.05) is 37.4 Å². The van der Waals surface area contributed by atoms with Gasteiger partial charge in [0.2, 0.25) is 11.8 Å². The van der Waals surface area contributed by atoms with Gasteiger partial charge in [-0.1, -0.05) is 6.07 Å². The van der Waals surface area contributed by atoms with E-state index in [2.05, 4.69) is 20.3 Å². The summed E-state index contributed by atoms with van der Waals surface area (Å²) in [6, 6.07) is 5.48. The molecule has 3 heterocycles. The number of nitrogens with one attached hydrogen (secondary N) is 1. The molecule has 2 amide bonds. The summed E-state index contributed by atoms with van der Waals surface area (Å²) in [5, 5.41) is 2.72. The second-order valence-electron chi connectivity index (χ2n) is 6.35. The molecule has 3 rings (SSSR count). The number of nitrogens with zero attached hydrogens (tertiary/aromatic N) is 5. The van der Waals surface area contributed by atoms with E-state index < -0.39 is 5.92 Å². The van der Waals surface area contributed by atoms with E-state index in [9.17, 15) is 9.59 Å². The minimum atomic E-state index is -0.475. The standard InChI is InChI=1S/C18H22N6O2/c1-23(15-6-8-19-12-21-15)9-4-10-24(2)18(26)14-11-16(25)22-17-13(14)5-3-7-20-17/h3,5-8,12,14H,4,9-11H2,1-2H3,(H,20,22,25). The van der Waals surface area contributed by atoms with E-state index in [0.29, 0.717) is 12.4 Å². The number of amides is 2. The smallest absolute Gasteiger partial charge is 0.230 e. The zero-order valence-electron chi connectivity index (χ0n) is 14.9. The Hall–Kier alpha value is -3.03. The lowest BCUT2D eigenvalue weighted by atomic mass is 9.91.